The van der Waals surface area contributed by atoms with Gasteiger partial charge in [0.25, 0.3) is 5.56 Å². The minimum absolute atomic E-state index is 0.0479. The summed E-state index contributed by atoms with van der Waals surface area (Å²) in [7, 11) is 3.08. The van der Waals surface area contributed by atoms with Crippen molar-refractivity contribution >= 4 is 50.3 Å². The number of halogens is 2. The van der Waals surface area contributed by atoms with E-state index in [1.165, 1.54) is 13.2 Å². The van der Waals surface area contributed by atoms with Crippen LogP contribution < -0.4 is 15.0 Å². The third kappa shape index (κ3) is 4.58. The Morgan fingerprint density at radius 1 is 1.03 bits per heavy atom. The lowest BCUT2D eigenvalue weighted by atomic mass is 9.94. The highest BCUT2D eigenvalue weighted by molar-refractivity contribution is 9.10. The minimum Gasteiger partial charge on any atom is -0.493 e. The van der Waals surface area contributed by atoms with E-state index in [4.69, 9.17) is 21.1 Å². The number of fused-ring (bicyclic) bond motifs is 1. The van der Waals surface area contributed by atoms with E-state index >= 15 is 0 Å². The summed E-state index contributed by atoms with van der Waals surface area (Å²) in [4.78, 5) is 29.1. The lowest BCUT2D eigenvalue weighted by Gasteiger charge is -2.12. The number of allylic oxidation sites excluding steroid dienone is 1. The Morgan fingerprint density at radius 3 is 2.48 bits per heavy atom. The van der Waals surface area contributed by atoms with Gasteiger partial charge < -0.3 is 14.5 Å². The van der Waals surface area contributed by atoms with Gasteiger partial charge in [-0.3, -0.25) is 9.59 Å². The molecule has 1 heterocycles. The van der Waals surface area contributed by atoms with Gasteiger partial charge >= 0.3 is 0 Å². The fourth-order valence-electron chi connectivity index (χ4n) is 3.69. The topological polar surface area (TPSA) is 68.4 Å². The molecule has 0 saturated carbocycles. The molecule has 3 aromatic carbocycles. The van der Waals surface area contributed by atoms with Crippen molar-refractivity contribution in [1.82, 2.24) is 4.98 Å². The van der Waals surface area contributed by atoms with Gasteiger partial charge in [0.05, 0.1) is 24.3 Å². The maximum atomic E-state index is 13.3. The van der Waals surface area contributed by atoms with Crippen LogP contribution in [0.5, 0.6) is 11.5 Å². The van der Waals surface area contributed by atoms with E-state index in [0.29, 0.717) is 43.0 Å². The van der Waals surface area contributed by atoms with Crippen LogP contribution in [0.4, 0.5) is 0 Å². The first-order valence-corrected chi connectivity index (χ1v) is 11.1. The average Bonchev–Trinajstić information content (AvgIpc) is 2.82. The molecule has 4 aromatic rings. The van der Waals surface area contributed by atoms with Crippen LogP contribution >= 0.6 is 27.5 Å². The second kappa shape index (κ2) is 9.65. The molecule has 5 nitrogen and oxygen atoms in total. The summed E-state index contributed by atoms with van der Waals surface area (Å²) in [5.41, 5.74) is 2.18. The summed E-state index contributed by atoms with van der Waals surface area (Å²) in [5, 5.41) is 1.20. The van der Waals surface area contributed by atoms with Crippen LogP contribution in [-0.2, 0) is 0 Å². The van der Waals surface area contributed by atoms with Gasteiger partial charge in [0, 0.05) is 21.5 Å². The predicted octanol–water partition coefficient (Wildman–Crippen LogP) is 6.52. The highest BCUT2D eigenvalue weighted by atomic mass is 79.9. The molecule has 0 unspecified atom stereocenters. The maximum absolute atomic E-state index is 13.3. The smallest absolute Gasteiger partial charge is 0.260 e. The van der Waals surface area contributed by atoms with Gasteiger partial charge in [-0.15, -0.1) is 0 Å². The zero-order valence-electron chi connectivity index (χ0n) is 17.8. The number of hydrogen-bond acceptors (Lipinski definition) is 4. The van der Waals surface area contributed by atoms with Crippen molar-refractivity contribution < 1.29 is 14.3 Å². The van der Waals surface area contributed by atoms with Gasteiger partial charge in [-0.1, -0.05) is 48.0 Å². The molecule has 0 radical (unpaired) electrons. The molecule has 0 aliphatic rings. The number of aromatic amines is 1. The third-order valence-corrected chi connectivity index (χ3v) is 5.99. The van der Waals surface area contributed by atoms with Gasteiger partial charge in [0.2, 0.25) is 0 Å². The Hall–Kier alpha value is -3.35. The largest absolute Gasteiger partial charge is 0.493 e. The van der Waals surface area contributed by atoms with Crippen LogP contribution in [0.3, 0.4) is 0 Å². The van der Waals surface area contributed by atoms with Crippen molar-refractivity contribution in [3.8, 4) is 22.6 Å². The molecule has 7 heteroatoms. The Bertz CT molecular complexity index is 1440. The average molecular weight is 525 g/mol. The molecule has 0 aliphatic heterocycles. The predicted molar refractivity (Wildman–Crippen MR) is 136 cm³/mol. The number of benzene rings is 3. The van der Waals surface area contributed by atoms with Gasteiger partial charge in [-0.2, -0.15) is 0 Å². The number of nitrogens with one attached hydrogen (secondary N) is 1. The summed E-state index contributed by atoms with van der Waals surface area (Å²) in [6.45, 7) is 0. The summed E-state index contributed by atoms with van der Waals surface area (Å²) in [6, 6.07) is 18.0. The van der Waals surface area contributed by atoms with E-state index in [0.717, 1.165) is 5.56 Å². The van der Waals surface area contributed by atoms with Crippen molar-refractivity contribution in [2.75, 3.05) is 14.2 Å². The Balaban J connectivity index is 1.86. The molecule has 0 atom stereocenters. The maximum Gasteiger partial charge on any atom is 0.260 e. The van der Waals surface area contributed by atoms with E-state index in [-0.39, 0.29) is 5.56 Å². The lowest BCUT2D eigenvalue weighted by Crippen LogP contribution is -2.18. The van der Waals surface area contributed by atoms with Crippen LogP contribution in [0.2, 0.25) is 5.02 Å². The quantitative estimate of drug-likeness (QED) is 0.230. The summed E-state index contributed by atoms with van der Waals surface area (Å²) in [6.07, 6.45) is 3.01. The van der Waals surface area contributed by atoms with Gasteiger partial charge in [0.15, 0.2) is 17.3 Å². The number of methoxy groups -OCH3 is 2. The SMILES string of the molecule is COc1cc(C=CC(=O)c2c(-c3ccccc3)c3cc(Cl)ccc3[nH]c2=O)cc(Br)c1OC. The summed E-state index contributed by atoms with van der Waals surface area (Å²) in [5.74, 6) is 0.639. The molecule has 166 valence electrons. The van der Waals surface area contributed by atoms with E-state index in [9.17, 15) is 9.59 Å². The molecule has 1 N–H and O–H groups in total. The van der Waals surface area contributed by atoms with Crippen LogP contribution in [0.25, 0.3) is 28.1 Å². The van der Waals surface area contributed by atoms with E-state index < -0.39 is 11.3 Å². The Kier molecular flexibility index (Phi) is 6.67. The molecular formula is C26H19BrClNO4. The molecule has 0 aliphatic carbocycles. The molecule has 33 heavy (non-hydrogen) atoms. The van der Waals surface area contributed by atoms with Gasteiger partial charge in [-0.05, 0) is 63.5 Å². The van der Waals surface area contributed by atoms with E-state index in [1.807, 2.05) is 30.3 Å². The van der Waals surface area contributed by atoms with Crippen LogP contribution in [-0.4, -0.2) is 25.0 Å². The second-order valence-corrected chi connectivity index (χ2v) is 8.49. The van der Waals surface area contributed by atoms with Crippen molar-refractivity contribution in [3.63, 3.8) is 0 Å². The minimum atomic E-state index is -0.466. The highest BCUT2D eigenvalue weighted by Gasteiger charge is 2.19. The Labute approximate surface area is 203 Å². The molecule has 0 saturated heterocycles. The standard InChI is InChI=1S/C26H19BrClNO4/c1-32-22-13-15(12-19(27)25(22)33-2)8-11-21(30)24-23(16-6-4-3-5-7-16)18-14-17(28)9-10-20(18)29-26(24)31/h3-14H,1-2H3,(H,29,31). The number of carbonyl (C=O) groups excluding carboxylic acids is 1. The molecule has 4 rings (SSSR count). The number of pyridine rings is 1. The first kappa shape index (κ1) is 22.8. The summed E-state index contributed by atoms with van der Waals surface area (Å²) < 4.78 is 11.4. The Morgan fingerprint density at radius 2 is 1.79 bits per heavy atom. The zero-order chi connectivity index (χ0) is 23.5. The fourth-order valence-corrected chi connectivity index (χ4v) is 4.49. The molecule has 0 spiro atoms. The monoisotopic (exact) mass is 523 g/mol. The first-order chi connectivity index (χ1) is 15.9. The van der Waals surface area contributed by atoms with Crippen LogP contribution in [0, 0.1) is 0 Å². The highest BCUT2D eigenvalue weighted by Crippen LogP contribution is 2.37. The first-order valence-electron chi connectivity index (χ1n) is 9.98. The van der Waals surface area contributed by atoms with Crippen molar-refractivity contribution in [2.45, 2.75) is 0 Å². The number of rotatable bonds is 6. The van der Waals surface area contributed by atoms with Crippen molar-refractivity contribution in [2.24, 2.45) is 0 Å². The molecule has 1 aromatic heterocycles. The number of aromatic nitrogens is 1. The second-order valence-electron chi connectivity index (χ2n) is 7.20. The van der Waals surface area contributed by atoms with Crippen molar-refractivity contribution in [1.29, 1.82) is 0 Å². The molecule has 0 amide bonds. The van der Waals surface area contributed by atoms with Crippen LogP contribution in [0.15, 0.2) is 76.0 Å². The number of ketones is 1. The molecule has 0 fully saturated rings. The van der Waals surface area contributed by atoms with Gasteiger partial charge in [-0.25, -0.2) is 0 Å². The van der Waals surface area contributed by atoms with Crippen LogP contribution in [0.1, 0.15) is 15.9 Å². The number of ether oxygens (including phenoxy) is 2. The molecular weight excluding hydrogens is 506 g/mol. The lowest BCUT2D eigenvalue weighted by molar-refractivity contribution is 0.104. The summed E-state index contributed by atoms with van der Waals surface area (Å²) >= 11 is 9.69. The normalized spacial score (nSPS) is 11.2. The van der Waals surface area contributed by atoms with Crippen molar-refractivity contribution in [3.05, 3.63) is 97.7 Å². The molecule has 0 bridgehead atoms. The van der Waals surface area contributed by atoms with E-state index in [2.05, 4.69) is 20.9 Å². The fraction of sp³-hybridized carbons (Fsp3) is 0.0769. The number of carbonyl (C=O) groups is 1. The number of hydrogen-bond donors (Lipinski definition) is 1. The van der Waals surface area contributed by atoms with Gasteiger partial charge in [0.1, 0.15) is 0 Å². The zero-order valence-corrected chi connectivity index (χ0v) is 20.2. The third-order valence-electron chi connectivity index (χ3n) is 5.17. The van der Waals surface area contributed by atoms with E-state index in [1.54, 1.807) is 43.5 Å². The number of H-pyrrole nitrogens is 1.